The molecule has 3 nitrogen and oxygen atoms in total. The number of nitrogens with zero attached hydrogens (tertiary/aromatic N) is 2. The zero-order valence-corrected chi connectivity index (χ0v) is 8.88. The Morgan fingerprint density at radius 2 is 2.36 bits per heavy atom. The lowest BCUT2D eigenvalue weighted by Gasteiger charge is -2.30. The van der Waals surface area contributed by atoms with E-state index in [1.807, 2.05) is 6.92 Å². The van der Waals surface area contributed by atoms with Crippen LogP contribution in [0, 0.1) is 6.92 Å². The molecule has 0 aliphatic carbocycles. The van der Waals surface area contributed by atoms with E-state index in [-0.39, 0.29) is 0 Å². The molecule has 2 rings (SSSR count). The number of anilines is 2. The van der Waals surface area contributed by atoms with Gasteiger partial charge in [-0.25, -0.2) is 4.98 Å². The minimum atomic E-state index is 1.03. The Morgan fingerprint density at radius 3 is 3.14 bits per heavy atom. The molecule has 1 N–H and O–H groups in total. The smallest absolute Gasteiger partial charge is 0.152 e. The summed E-state index contributed by atoms with van der Waals surface area (Å²) in [6.45, 7) is 7.44. The zero-order chi connectivity index (χ0) is 9.97. The Bertz CT molecular complexity index is 322. The first-order valence-electron chi connectivity index (χ1n) is 5.27. The van der Waals surface area contributed by atoms with Gasteiger partial charge in [-0.15, -0.1) is 0 Å². The summed E-state index contributed by atoms with van der Waals surface area (Å²) in [6, 6.07) is 4.18. The topological polar surface area (TPSA) is 28.2 Å². The Hall–Kier alpha value is -1.25. The fourth-order valence-electron chi connectivity index (χ4n) is 1.84. The molecule has 76 valence electrons. The van der Waals surface area contributed by atoms with E-state index in [4.69, 9.17) is 0 Å². The summed E-state index contributed by atoms with van der Waals surface area (Å²) >= 11 is 0. The van der Waals surface area contributed by atoms with Crippen LogP contribution in [0.25, 0.3) is 0 Å². The normalized spacial score (nSPS) is 14.9. The van der Waals surface area contributed by atoms with Gasteiger partial charge in [0, 0.05) is 25.3 Å². The molecule has 0 unspecified atom stereocenters. The van der Waals surface area contributed by atoms with Gasteiger partial charge in [-0.3, -0.25) is 0 Å². The Labute approximate surface area is 85.1 Å². The molecule has 2 heterocycles. The monoisotopic (exact) mass is 191 g/mol. The first kappa shape index (κ1) is 9.31. The van der Waals surface area contributed by atoms with Crippen molar-refractivity contribution in [3.63, 3.8) is 0 Å². The predicted octanol–water partition coefficient (Wildman–Crippen LogP) is 2.03. The summed E-state index contributed by atoms with van der Waals surface area (Å²) in [4.78, 5) is 6.94. The Kier molecular flexibility index (Phi) is 2.57. The number of fused-ring (bicyclic) bond motifs is 1. The lowest BCUT2D eigenvalue weighted by Crippen LogP contribution is -2.35. The Morgan fingerprint density at radius 1 is 1.50 bits per heavy atom. The molecule has 0 atom stereocenters. The first-order valence-corrected chi connectivity index (χ1v) is 5.27. The van der Waals surface area contributed by atoms with E-state index in [0.717, 1.165) is 31.1 Å². The van der Waals surface area contributed by atoms with E-state index in [1.165, 1.54) is 12.1 Å². The number of nitrogens with one attached hydrogen (secondary N) is 1. The van der Waals surface area contributed by atoms with Crippen LogP contribution < -0.4 is 10.2 Å². The molecule has 1 aliphatic heterocycles. The van der Waals surface area contributed by atoms with Crippen molar-refractivity contribution in [1.82, 2.24) is 4.98 Å². The van der Waals surface area contributed by atoms with Crippen molar-refractivity contribution in [2.75, 3.05) is 29.9 Å². The largest absolute Gasteiger partial charge is 0.380 e. The second kappa shape index (κ2) is 3.86. The van der Waals surface area contributed by atoms with Crippen molar-refractivity contribution in [3.05, 3.63) is 17.8 Å². The summed E-state index contributed by atoms with van der Waals surface area (Å²) < 4.78 is 0. The van der Waals surface area contributed by atoms with E-state index in [2.05, 4.69) is 34.3 Å². The van der Waals surface area contributed by atoms with Gasteiger partial charge in [0.05, 0.1) is 5.69 Å². The van der Waals surface area contributed by atoms with Crippen molar-refractivity contribution >= 4 is 11.5 Å². The number of hydrogen-bond donors (Lipinski definition) is 1. The first-order chi connectivity index (χ1) is 6.81. The van der Waals surface area contributed by atoms with Gasteiger partial charge in [0.1, 0.15) is 0 Å². The van der Waals surface area contributed by atoms with Gasteiger partial charge in [-0.05, 0) is 25.5 Å². The van der Waals surface area contributed by atoms with Crippen LogP contribution in [0.5, 0.6) is 0 Å². The van der Waals surface area contributed by atoms with Crippen LogP contribution >= 0.6 is 0 Å². The van der Waals surface area contributed by atoms with Gasteiger partial charge in [0.25, 0.3) is 0 Å². The maximum atomic E-state index is 4.58. The van der Waals surface area contributed by atoms with Crippen LogP contribution in [-0.2, 0) is 0 Å². The molecule has 1 aromatic heterocycles. The van der Waals surface area contributed by atoms with E-state index in [1.54, 1.807) is 0 Å². The zero-order valence-electron chi connectivity index (χ0n) is 8.88. The molecule has 3 heteroatoms. The summed E-state index contributed by atoms with van der Waals surface area (Å²) in [7, 11) is 0. The van der Waals surface area contributed by atoms with Gasteiger partial charge >= 0.3 is 0 Å². The quantitative estimate of drug-likeness (QED) is 0.775. The molecule has 1 aromatic rings. The van der Waals surface area contributed by atoms with Gasteiger partial charge in [-0.1, -0.05) is 6.92 Å². The molecule has 0 aromatic carbocycles. The standard InChI is InChI=1S/C11H17N3/c1-3-7-14-8-6-12-10-5-4-9(2)13-11(10)14/h4-5,12H,3,6-8H2,1-2H3. The second-order valence-electron chi connectivity index (χ2n) is 3.74. The number of pyridine rings is 1. The summed E-state index contributed by atoms with van der Waals surface area (Å²) in [5, 5.41) is 3.37. The average molecular weight is 191 g/mol. The molecule has 0 amide bonds. The summed E-state index contributed by atoms with van der Waals surface area (Å²) in [5.74, 6) is 1.12. The van der Waals surface area contributed by atoms with Crippen molar-refractivity contribution in [2.24, 2.45) is 0 Å². The van der Waals surface area contributed by atoms with Crippen LogP contribution in [0.15, 0.2) is 12.1 Å². The highest BCUT2D eigenvalue weighted by atomic mass is 15.2. The van der Waals surface area contributed by atoms with E-state index in [0.29, 0.717) is 0 Å². The molecule has 1 aliphatic rings. The van der Waals surface area contributed by atoms with E-state index >= 15 is 0 Å². The van der Waals surface area contributed by atoms with Crippen molar-refractivity contribution < 1.29 is 0 Å². The van der Waals surface area contributed by atoms with Gasteiger partial charge in [0.15, 0.2) is 5.82 Å². The fourth-order valence-corrected chi connectivity index (χ4v) is 1.84. The number of aromatic nitrogens is 1. The van der Waals surface area contributed by atoms with E-state index < -0.39 is 0 Å². The maximum Gasteiger partial charge on any atom is 0.152 e. The Balaban J connectivity index is 2.32. The number of aryl methyl sites for hydroxylation is 1. The van der Waals surface area contributed by atoms with E-state index in [9.17, 15) is 0 Å². The van der Waals surface area contributed by atoms with Crippen molar-refractivity contribution in [3.8, 4) is 0 Å². The third kappa shape index (κ3) is 1.67. The lowest BCUT2D eigenvalue weighted by molar-refractivity contribution is 0.744. The lowest BCUT2D eigenvalue weighted by atomic mass is 10.2. The number of hydrogen-bond acceptors (Lipinski definition) is 3. The van der Waals surface area contributed by atoms with Crippen molar-refractivity contribution in [1.29, 1.82) is 0 Å². The molecule has 0 spiro atoms. The highest BCUT2D eigenvalue weighted by Gasteiger charge is 2.16. The highest BCUT2D eigenvalue weighted by molar-refractivity contribution is 5.68. The summed E-state index contributed by atoms with van der Waals surface area (Å²) in [6.07, 6.45) is 1.18. The van der Waals surface area contributed by atoms with Crippen LogP contribution in [0.3, 0.4) is 0 Å². The molecule has 0 saturated heterocycles. The number of rotatable bonds is 2. The summed E-state index contributed by atoms with van der Waals surface area (Å²) in [5.41, 5.74) is 2.27. The van der Waals surface area contributed by atoms with Gasteiger partial charge in [-0.2, -0.15) is 0 Å². The molecular formula is C11H17N3. The molecule has 0 radical (unpaired) electrons. The van der Waals surface area contributed by atoms with Crippen molar-refractivity contribution in [2.45, 2.75) is 20.3 Å². The molecular weight excluding hydrogens is 174 g/mol. The molecule has 14 heavy (non-hydrogen) atoms. The fraction of sp³-hybridized carbons (Fsp3) is 0.545. The predicted molar refractivity (Wildman–Crippen MR) is 60.0 cm³/mol. The second-order valence-corrected chi connectivity index (χ2v) is 3.74. The molecule has 0 saturated carbocycles. The highest BCUT2D eigenvalue weighted by Crippen LogP contribution is 2.26. The molecule has 0 fully saturated rings. The van der Waals surface area contributed by atoms with Gasteiger partial charge < -0.3 is 10.2 Å². The average Bonchev–Trinajstić information content (AvgIpc) is 2.19. The maximum absolute atomic E-state index is 4.58. The van der Waals surface area contributed by atoms with Gasteiger partial charge in [0.2, 0.25) is 0 Å². The van der Waals surface area contributed by atoms with Crippen LogP contribution in [-0.4, -0.2) is 24.6 Å². The van der Waals surface area contributed by atoms with Crippen LogP contribution in [0.2, 0.25) is 0 Å². The van der Waals surface area contributed by atoms with Crippen LogP contribution in [0.4, 0.5) is 11.5 Å². The molecule has 0 bridgehead atoms. The third-order valence-corrected chi connectivity index (χ3v) is 2.50. The minimum absolute atomic E-state index is 1.03. The SMILES string of the molecule is CCCN1CCNc2ccc(C)nc21. The van der Waals surface area contributed by atoms with Crippen LogP contribution in [0.1, 0.15) is 19.0 Å². The minimum Gasteiger partial charge on any atom is -0.380 e. The third-order valence-electron chi connectivity index (χ3n) is 2.50.